The largest absolute Gasteiger partial charge is 0.294 e. The average Bonchev–Trinajstić information content (AvgIpc) is 2.02. The lowest BCUT2D eigenvalue weighted by molar-refractivity contribution is -0.111. The minimum Gasteiger partial charge on any atom is -0.294 e. The van der Waals surface area contributed by atoms with Crippen LogP contribution in [0.2, 0.25) is 5.02 Å². The van der Waals surface area contributed by atoms with E-state index in [1.54, 1.807) is 13.0 Å². The Morgan fingerprint density at radius 1 is 1.21 bits per heavy atom. The summed E-state index contributed by atoms with van der Waals surface area (Å²) < 4.78 is 0. The summed E-state index contributed by atoms with van der Waals surface area (Å²) in [6.07, 6.45) is 0. The van der Waals surface area contributed by atoms with Gasteiger partial charge in [-0.25, -0.2) is 0 Å². The van der Waals surface area contributed by atoms with Crippen LogP contribution < -0.4 is 0 Å². The molecule has 0 heterocycles. The van der Waals surface area contributed by atoms with Crippen molar-refractivity contribution in [2.24, 2.45) is 0 Å². The Labute approximate surface area is 89.4 Å². The lowest BCUT2D eigenvalue weighted by atomic mass is 9.98. The SMILES string of the molecule is CC(=O)C(=C(C)C)c1cccc(Cl)c1. The number of halogens is 1. The molecule has 0 saturated heterocycles. The van der Waals surface area contributed by atoms with Gasteiger partial charge in [0.15, 0.2) is 5.78 Å². The Hall–Kier alpha value is -1.08. The summed E-state index contributed by atoms with van der Waals surface area (Å²) in [5.74, 6) is 0.0762. The number of rotatable bonds is 2. The van der Waals surface area contributed by atoms with Crippen LogP contribution in [-0.2, 0) is 4.79 Å². The third kappa shape index (κ3) is 2.46. The number of Topliss-reactive ketones (excluding diaryl/α,β-unsaturated/α-hetero) is 1. The summed E-state index contributed by atoms with van der Waals surface area (Å²) in [5, 5.41) is 0.655. The number of allylic oxidation sites excluding steroid dienone is 2. The monoisotopic (exact) mass is 208 g/mol. The molecule has 1 nitrogen and oxygen atoms in total. The normalized spacial score (nSPS) is 9.71. The molecule has 0 aliphatic rings. The van der Waals surface area contributed by atoms with E-state index in [0.29, 0.717) is 5.02 Å². The minimum atomic E-state index is 0.0762. The third-order valence-electron chi connectivity index (χ3n) is 1.97. The van der Waals surface area contributed by atoms with Gasteiger partial charge in [-0.2, -0.15) is 0 Å². The number of benzene rings is 1. The number of hydrogen-bond acceptors (Lipinski definition) is 1. The summed E-state index contributed by atoms with van der Waals surface area (Å²) in [6.45, 7) is 5.43. The second-order valence-corrected chi connectivity index (χ2v) is 3.88. The van der Waals surface area contributed by atoms with Crippen LogP contribution in [0.4, 0.5) is 0 Å². The van der Waals surface area contributed by atoms with E-state index >= 15 is 0 Å². The van der Waals surface area contributed by atoms with Gasteiger partial charge in [-0.15, -0.1) is 0 Å². The molecule has 0 fully saturated rings. The highest BCUT2D eigenvalue weighted by Crippen LogP contribution is 2.22. The molecule has 0 saturated carbocycles. The Morgan fingerprint density at radius 2 is 1.86 bits per heavy atom. The van der Waals surface area contributed by atoms with Crippen molar-refractivity contribution in [3.05, 3.63) is 40.4 Å². The summed E-state index contributed by atoms with van der Waals surface area (Å²) in [5.41, 5.74) is 2.66. The fourth-order valence-corrected chi connectivity index (χ4v) is 1.68. The fraction of sp³-hybridized carbons (Fsp3) is 0.250. The second-order valence-electron chi connectivity index (χ2n) is 3.44. The van der Waals surface area contributed by atoms with Gasteiger partial charge >= 0.3 is 0 Å². The first-order chi connectivity index (χ1) is 6.52. The second kappa shape index (κ2) is 4.43. The molecule has 0 amide bonds. The molecular weight excluding hydrogens is 196 g/mol. The summed E-state index contributed by atoms with van der Waals surface area (Å²) in [4.78, 5) is 11.4. The predicted octanol–water partition coefficient (Wildman–Crippen LogP) is 3.72. The van der Waals surface area contributed by atoms with Crippen LogP contribution in [0.3, 0.4) is 0 Å². The van der Waals surface area contributed by atoms with Crippen molar-refractivity contribution in [3.8, 4) is 0 Å². The smallest absolute Gasteiger partial charge is 0.160 e. The van der Waals surface area contributed by atoms with Crippen LogP contribution in [0.5, 0.6) is 0 Å². The van der Waals surface area contributed by atoms with E-state index in [2.05, 4.69) is 0 Å². The van der Waals surface area contributed by atoms with Crippen LogP contribution in [0.25, 0.3) is 5.57 Å². The van der Waals surface area contributed by atoms with Crippen molar-refractivity contribution in [1.82, 2.24) is 0 Å². The number of carbonyl (C=O) groups is 1. The highest BCUT2D eigenvalue weighted by atomic mass is 35.5. The van der Waals surface area contributed by atoms with Gasteiger partial charge in [0.2, 0.25) is 0 Å². The van der Waals surface area contributed by atoms with Crippen molar-refractivity contribution in [2.75, 3.05) is 0 Å². The quantitative estimate of drug-likeness (QED) is 0.677. The molecule has 0 spiro atoms. The van der Waals surface area contributed by atoms with Gasteiger partial charge in [0.1, 0.15) is 0 Å². The van der Waals surface area contributed by atoms with Gasteiger partial charge in [0, 0.05) is 10.6 Å². The van der Waals surface area contributed by atoms with Crippen molar-refractivity contribution >= 4 is 23.0 Å². The van der Waals surface area contributed by atoms with Gasteiger partial charge in [-0.1, -0.05) is 29.3 Å². The lowest BCUT2D eigenvalue weighted by Crippen LogP contribution is -1.97. The van der Waals surface area contributed by atoms with Gasteiger partial charge < -0.3 is 0 Å². The van der Waals surface area contributed by atoms with Crippen LogP contribution in [-0.4, -0.2) is 5.78 Å². The molecule has 0 bridgehead atoms. The van der Waals surface area contributed by atoms with E-state index in [9.17, 15) is 4.79 Å². The zero-order valence-corrected chi connectivity index (χ0v) is 9.35. The van der Waals surface area contributed by atoms with Gasteiger partial charge in [0.05, 0.1) is 0 Å². The van der Waals surface area contributed by atoms with E-state index in [1.807, 2.05) is 32.0 Å². The molecule has 2 heteroatoms. The zero-order valence-electron chi connectivity index (χ0n) is 8.60. The van der Waals surface area contributed by atoms with E-state index < -0.39 is 0 Å². The Balaban J connectivity index is 3.27. The summed E-state index contributed by atoms with van der Waals surface area (Å²) in [6, 6.07) is 7.36. The van der Waals surface area contributed by atoms with Gasteiger partial charge in [-0.3, -0.25) is 4.79 Å². The van der Waals surface area contributed by atoms with Crippen LogP contribution in [0.15, 0.2) is 29.8 Å². The predicted molar refractivity (Wildman–Crippen MR) is 60.4 cm³/mol. The number of hydrogen-bond donors (Lipinski definition) is 0. The lowest BCUT2D eigenvalue weighted by Gasteiger charge is -2.06. The van der Waals surface area contributed by atoms with Crippen molar-refractivity contribution in [3.63, 3.8) is 0 Å². The van der Waals surface area contributed by atoms with Gasteiger partial charge in [-0.05, 0) is 38.5 Å². The number of ketones is 1. The average molecular weight is 209 g/mol. The molecule has 0 atom stereocenters. The Morgan fingerprint density at radius 3 is 2.29 bits per heavy atom. The zero-order chi connectivity index (χ0) is 10.7. The van der Waals surface area contributed by atoms with E-state index in [0.717, 1.165) is 16.7 Å². The summed E-state index contributed by atoms with van der Waals surface area (Å²) >= 11 is 5.86. The van der Waals surface area contributed by atoms with E-state index in [4.69, 9.17) is 11.6 Å². The molecule has 1 rings (SSSR count). The maximum atomic E-state index is 11.4. The maximum Gasteiger partial charge on any atom is 0.160 e. The standard InChI is InChI=1S/C12H13ClO/c1-8(2)12(9(3)14)10-5-4-6-11(13)7-10/h4-7H,1-3H3. The first-order valence-corrected chi connectivity index (χ1v) is 4.84. The molecule has 1 aromatic rings. The first kappa shape index (κ1) is 11.0. The van der Waals surface area contributed by atoms with E-state index in [-0.39, 0.29) is 5.78 Å². The highest BCUT2D eigenvalue weighted by Gasteiger charge is 2.08. The highest BCUT2D eigenvalue weighted by molar-refractivity contribution is 6.31. The van der Waals surface area contributed by atoms with Crippen molar-refractivity contribution < 1.29 is 4.79 Å². The van der Waals surface area contributed by atoms with Crippen LogP contribution >= 0.6 is 11.6 Å². The molecule has 0 aromatic heterocycles. The minimum absolute atomic E-state index is 0.0762. The van der Waals surface area contributed by atoms with Crippen molar-refractivity contribution in [1.29, 1.82) is 0 Å². The van der Waals surface area contributed by atoms with Crippen LogP contribution in [0, 0.1) is 0 Å². The van der Waals surface area contributed by atoms with Gasteiger partial charge in [0.25, 0.3) is 0 Å². The molecule has 1 aromatic carbocycles. The Kier molecular flexibility index (Phi) is 3.48. The fourth-order valence-electron chi connectivity index (χ4n) is 1.49. The number of carbonyl (C=O) groups excluding carboxylic acids is 1. The molecule has 14 heavy (non-hydrogen) atoms. The molecule has 0 unspecified atom stereocenters. The molecular formula is C12H13ClO. The first-order valence-electron chi connectivity index (χ1n) is 4.46. The maximum absolute atomic E-state index is 11.4. The van der Waals surface area contributed by atoms with Crippen LogP contribution in [0.1, 0.15) is 26.3 Å². The Bertz CT molecular complexity index is 387. The topological polar surface area (TPSA) is 17.1 Å². The molecule has 74 valence electrons. The summed E-state index contributed by atoms with van der Waals surface area (Å²) in [7, 11) is 0. The molecule has 0 N–H and O–H groups in total. The van der Waals surface area contributed by atoms with Crippen molar-refractivity contribution in [2.45, 2.75) is 20.8 Å². The van der Waals surface area contributed by atoms with E-state index in [1.165, 1.54) is 0 Å². The molecule has 0 aliphatic carbocycles. The third-order valence-corrected chi connectivity index (χ3v) is 2.20. The molecule has 0 radical (unpaired) electrons. The molecule has 0 aliphatic heterocycles.